The van der Waals surface area contributed by atoms with E-state index >= 15 is 0 Å². The van der Waals surface area contributed by atoms with Crippen molar-refractivity contribution >= 4 is 5.97 Å². The Morgan fingerprint density at radius 1 is 1.31 bits per heavy atom. The lowest BCUT2D eigenvalue weighted by molar-refractivity contribution is -0.183. The van der Waals surface area contributed by atoms with Gasteiger partial charge in [-0.1, -0.05) is 24.3 Å². The normalized spacial score (nSPS) is 13.5. The Hall–Kier alpha value is -1.59. The molecule has 1 aromatic rings. The second-order valence-electron chi connectivity index (χ2n) is 3.17. The lowest BCUT2D eigenvalue weighted by Crippen LogP contribution is -2.18. The van der Waals surface area contributed by atoms with Gasteiger partial charge < -0.3 is 5.11 Å². The molecule has 0 heterocycles. The van der Waals surface area contributed by atoms with E-state index in [0.717, 1.165) is 6.07 Å². The van der Waals surface area contributed by atoms with Crippen molar-refractivity contribution in [3.8, 4) is 0 Å². The SMILES string of the molecule is O=C(O)Cc1ccccc1C(F)C(F)(F)F. The second-order valence-corrected chi connectivity index (χ2v) is 3.17. The van der Waals surface area contributed by atoms with Gasteiger partial charge in [-0.3, -0.25) is 4.79 Å². The minimum atomic E-state index is -5.02. The molecule has 6 heteroatoms. The number of aliphatic carboxylic acids is 1. The zero-order valence-electron chi connectivity index (χ0n) is 7.96. The number of rotatable bonds is 3. The van der Waals surface area contributed by atoms with Crippen molar-refractivity contribution in [2.24, 2.45) is 0 Å². The zero-order valence-corrected chi connectivity index (χ0v) is 7.96. The summed E-state index contributed by atoms with van der Waals surface area (Å²) in [6.45, 7) is 0. The van der Waals surface area contributed by atoms with Crippen LogP contribution in [0.5, 0.6) is 0 Å². The Kier molecular flexibility index (Phi) is 3.51. The third-order valence-corrected chi connectivity index (χ3v) is 1.96. The average molecular weight is 236 g/mol. The number of carboxylic acids is 1. The number of halogens is 4. The van der Waals surface area contributed by atoms with Crippen LogP contribution in [0.1, 0.15) is 17.3 Å². The molecule has 0 saturated heterocycles. The summed E-state index contributed by atoms with van der Waals surface area (Å²) in [5.74, 6) is -1.30. The van der Waals surface area contributed by atoms with Gasteiger partial charge in [0, 0.05) is 0 Å². The molecule has 1 rings (SSSR count). The molecule has 0 aliphatic carbocycles. The highest BCUT2D eigenvalue weighted by molar-refractivity contribution is 5.70. The van der Waals surface area contributed by atoms with Crippen LogP contribution in [0.3, 0.4) is 0 Å². The highest BCUT2D eigenvalue weighted by Crippen LogP contribution is 2.37. The molecule has 0 aromatic heterocycles. The average Bonchev–Trinajstić information content (AvgIpc) is 2.15. The van der Waals surface area contributed by atoms with E-state index in [1.54, 1.807) is 0 Å². The minimum Gasteiger partial charge on any atom is -0.481 e. The van der Waals surface area contributed by atoms with Crippen LogP contribution in [-0.2, 0) is 11.2 Å². The maximum absolute atomic E-state index is 13.0. The van der Waals surface area contributed by atoms with Crippen LogP contribution in [0.25, 0.3) is 0 Å². The van der Waals surface area contributed by atoms with Gasteiger partial charge in [-0.2, -0.15) is 13.2 Å². The van der Waals surface area contributed by atoms with Gasteiger partial charge in [-0.05, 0) is 11.1 Å². The van der Waals surface area contributed by atoms with E-state index in [9.17, 15) is 22.4 Å². The van der Waals surface area contributed by atoms with Gasteiger partial charge in [0.2, 0.25) is 6.17 Å². The molecular weight excluding hydrogens is 228 g/mol. The molecule has 1 unspecified atom stereocenters. The van der Waals surface area contributed by atoms with Crippen molar-refractivity contribution in [1.29, 1.82) is 0 Å². The molecule has 0 fully saturated rings. The first-order chi connectivity index (χ1) is 7.32. The maximum atomic E-state index is 13.0. The summed E-state index contributed by atoms with van der Waals surface area (Å²) in [6, 6.07) is 4.71. The van der Waals surface area contributed by atoms with Crippen LogP contribution in [0, 0.1) is 0 Å². The van der Waals surface area contributed by atoms with Crippen LogP contribution in [0.4, 0.5) is 17.6 Å². The van der Waals surface area contributed by atoms with E-state index in [1.165, 1.54) is 18.2 Å². The summed E-state index contributed by atoms with van der Waals surface area (Å²) < 4.78 is 49.4. The highest BCUT2D eigenvalue weighted by atomic mass is 19.4. The first-order valence-electron chi connectivity index (χ1n) is 4.32. The molecular formula is C10H8F4O2. The van der Waals surface area contributed by atoms with E-state index in [1.807, 2.05) is 0 Å². The summed E-state index contributed by atoms with van der Waals surface area (Å²) in [5.41, 5.74) is -0.808. The number of hydrogen-bond donors (Lipinski definition) is 1. The zero-order chi connectivity index (χ0) is 12.3. The summed E-state index contributed by atoms with van der Waals surface area (Å²) in [4.78, 5) is 10.4. The van der Waals surface area contributed by atoms with Crippen LogP contribution < -0.4 is 0 Å². The van der Waals surface area contributed by atoms with Crippen LogP contribution in [0.15, 0.2) is 24.3 Å². The van der Waals surface area contributed by atoms with Crippen molar-refractivity contribution < 1.29 is 27.5 Å². The van der Waals surface area contributed by atoms with Crippen LogP contribution in [-0.4, -0.2) is 17.3 Å². The molecule has 0 spiro atoms. The Balaban J connectivity index is 3.08. The summed E-state index contributed by atoms with van der Waals surface area (Å²) in [7, 11) is 0. The lowest BCUT2D eigenvalue weighted by Gasteiger charge is -2.15. The topological polar surface area (TPSA) is 37.3 Å². The summed E-state index contributed by atoms with van der Waals surface area (Å²) >= 11 is 0. The molecule has 0 bridgehead atoms. The number of benzene rings is 1. The van der Waals surface area contributed by atoms with Gasteiger partial charge in [-0.25, -0.2) is 4.39 Å². The molecule has 0 aliphatic heterocycles. The van der Waals surface area contributed by atoms with Gasteiger partial charge >= 0.3 is 12.1 Å². The van der Waals surface area contributed by atoms with Crippen molar-refractivity contribution in [2.45, 2.75) is 18.8 Å². The third kappa shape index (κ3) is 2.95. The van der Waals surface area contributed by atoms with Crippen molar-refractivity contribution in [3.63, 3.8) is 0 Å². The Labute approximate surface area is 88.5 Å². The van der Waals surface area contributed by atoms with E-state index in [-0.39, 0.29) is 5.56 Å². The van der Waals surface area contributed by atoms with Crippen LogP contribution >= 0.6 is 0 Å². The number of carboxylic acid groups (broad SMARTS) is 1. The lowest BCUT2D eigenvalue weighted by atomic mass is 10.0. The number of alkyl halides is 4. The fourth-order valence-corrected chi connectivity index (χ4v) is 1.28. The fraction of sp³-hybridized carbons (Fsp3) is 0.300. The number of hydrogen-bond acceptors (Lipinski definition) is 1. The van der Waals surface area contributed by atoms with E-state index < -0.39 is 30.3 Å². The van der Waals surface area contributed by atoms with E-state index in [4.69, 9.17) is 5.11 Å². The van der Waals surface area contributed by atoms with E-state index in [2.05, 4.69) is 0 Å². The minimum absolute atomic E-state index is 0.167. The quantitative estimate of drug-likeness (QED) is 0.819. The van der Waals surface area contributed by atoms with Gasteiger partial charge in [0.25, 0.3) is 0 Å². The standard InChI is InChI=1S/C10H8F4O2/c11-9(10(12,13)14)7-4-2-1-3-6(7)5-8(15)16/h1-4,9H,5H2,(H,15,16). The summed E-state index contributed by atoms with van der Waals surface area (Å²) in [6.07, 6.45) is -8.80. The maximum Gasteiger partial charge on any atom is 0.423 e. The van der Waals surface area contributed by atoms with Gasteiger partial charge in [0.15, 0.2) is 0 Å². The van der Waals surface area contributed by atoms with Crippen molar-refractivity contribution in [2.75, 3.05) is 0 Å². The fourth-order valence-electron chi connectivity index (χ4n) is 1.28. The number of carbonyl (C=O) groups is 1. The molecule has 1 aromatic carbocycles. The van der Waals surface area contributed by atoms with E-state index in [0.29, 0.717) is 0 Å². The predicted octanol–water partition coefficient (Wildman–Crippen LogP) is 2.89. The summed E-state index contributed by atoms with van der Waals surface area (Å²) in [5, 5.41) is 8.47. The molecule has 1 N–H and O–H groups in total. The Morgan fingerprint density at radius 3 is 2.38 bits per heavy atom. The molecule has 88 valence electrons. The predicted molar refractivity (Wildman–Crippen MR) is 47.7 cm³/mol. The largest absolute Gasteiger partial charge is 0.481 e. The van der Waals surface area contributed by atoms with Gasteiger partial charge in [0.1, 0.15) is 0 Å². The Morgan fingerprint density at radius 2 is 1.88 bits per heavy atom. The molecule has 0 radical (unpaired) electrons. The first kappa shape index (κ1) is 12.5. The molecule has 0 saturated carbocycles. The second kappa shape index (κ2) is 4.51. The van der Waals surface area contributed by atoms with Gasteiger partial charge in [0.05, 0.1) is 6.42 Å². The van der Waals surface area contributed by atoms with Gasteiger partial charge in [-0.15, -0.1) is 0 Å². The van der Waals surface area contributed by atoms with Crippen LogP contribution in [0.2, 0.25) is 0 Å². The van der Waals surface area contributed by atoms with Crippen molar-refractivity contribution in [3.05, 3.63) is 35.4 Å². The molecule has 2 nitrogen and oxygen atoms in total. The molecule has 1 atom stereocenters. The Bertz CT molecular complexity index is 387. The van der Waals surface area contributed by atoms with Crippen molar-refractivity contribution in [1.82, 2.24) is 0 Å². The molecule has 0 aliphatic rings. The third-order valence-electron chi connectivity index (χ3n) is 1.96. The molecule has 0 amide bonds. The molecule has 16 heavy (non-hydrogen) atoms. The first-order valence-corrected chi connectivity index (χ1v) is 4.32. The highest BCUT2D eigenvalue weighted by Gasteiger charge is 2.42. The monoisotopic (exact) mass is 236 g/mol. The smallest absolute Gasteiger partial charge is 0.423 e.